The molecule has 1 aliphatic rings. The molecule has 1 aliphatic carbocycles. The smallest absolute Gasteiger partial charge is 0.120 e. The largest absolute Gasteiger partial charge is 0.497 e. The van der Waals surface area contributed by atoms with Crippen LogP contribution in [0.3, 0.4) is 0 Å². The minimum absolute atomic E-state index is 0.425. The number of methoxy groups -OCH3 is 1. The molecule has 4 heteroatoms. The van der Waals surface area contributed by atoms with E-state index in [1.54, 1.807) is 7.11 Å². The molecule has 104 valence electrons. The van der Waals surface area contributed by atoms with Crippen molar-refractivity contribution < 1.29 is 4.74 Å². The summed E-state index contributed by atoms with van der Waals surface area (Å²) in [5, 5.41) is 3.61. The van der Waals surface area contributed by atoms with Crippen molar-refractivity contribution in [2.24, 2.45) is 11.7 Å². The van der Waals surface area contributed by atoms with Gasteiger partial charge in [-0.2, -0.15) is 0 Å². The van der Waals surface area contributed by atoms with Gasteiger partial charge in [0.1, 0.15) is 10.7 Å². The molecule has 3 N–H and O–H groups in total. The van der Waals surface area contributed by atoms with Gasteiger partial charge in [-0.25, -0.2) is 0 Å². The lowest BCUT2D eigenvalue weighted by Crippen LogP contribution is -2.31. The number of anilines is 1. The molecule has 1 aromatic carbocycles. The number of nitrogens with two attached hydrogens (primary N) is 1. The van der Waals surface area contributed by atoms with Crippen LogP contribution < -0.4 is 15.8 Å². The molecule has 0 aromatic heterocycles. The minimum Gasteiger partial charge on any atom is -0.497 e. The van der Waals surface area contributed by atoms with E-state index in [1.165, 1.54) is 25.7 Å². The number of hydrogen-bond donors (Lipinski definition) is 2. The fourth-order valence-electron chi connectivity index (χ4n) is 2.72. The van der Waals surface area contributed by atoms with Gasteiger partial charge in [-0.15, -0.1) is 0 Å². The van der Waals surface area contributed by atoms with Gasteiger partial charge < -0.3 is 15.8 Å². The van der Waals surface area contributed by atoms with Crippen LogP contribution in [0.15, 0.2) is 18.2 Å². The van der Waals surface area contributed by atoms with E-state index in [0.717, 1.165) is 17.0 Å². The monoisotopic (exact) mass is 278 g/mol. The Kier molecular flexibility index (Phi) is 4.64. The standard InChI is InChI=1S/C15H22N2OS/c1-10-5-3-4-6-13(10)17-14-9-11(18-2)7-8-12(14)15(16)19/h7-10,13,17H,3-6H2,1-2H3,(H2,16,19). The van der Waals surface area contributed by atoms with Gasteiger partial charge in [-0.05, 0) is 30.9 Å². The summed E-state index contributed by atoms with van der Waals surface area (Å²) in [7, 11) is 1.67. The van der Waals surface area contributed by atoms with E-state index in [0.29, 0.717) is 16.9 Å². The minimum atomic E-state index is 0.425. The van der Waals surface area contributed by atoms with E-state index < -0.39 is 0 Å². The molecule has 0 radical (unpaired) electrons. The highest BCUT2D eigenvalue weighted by Crippen LogP contribution is 2.30. The molecule has 0 heterocycles. The Morgan fingerprint density at radius 2 is 2.11 bits per heavy atom. The third kappa shape index (κ3) is 3.38. The van der Waals surface area contributed by atoms with E-state index in [2.05, 4.69) is 12.2 Å². The summed E-state index contributed by atoms with van der Waals surface area (Å²) in [6.07, 6.45) is 5.10. The molecule has 19 heavy (non-hydrogen) atoms. The number of nitrogens with one attached hydrogen (secondary N) is 1. The maximum Gasteiger partial charge on any atom is 0.120 e. The van der Waals surface area contributed by atoms with Crippen LogP contribution in [0.1, 0.15) is 38.2 Å². The van der Waals surface area contributed by atoms with Crippen LogP contribution in [0.4, 0.5) is 5.69 Å². The Balaban J connectivity index is 2.23. The fraction of sp³-hybridized carbons (Fsp3) is 0.533. The van der Waals surface area contributed by atoms with Gasteiger partial charge in [0.2, 0.25) is 0 Å². The van der Waals surface area contributed by atoms with E-state index in [1.807, 2.05) is 18.2 Å². The highest BCUT2D eigenvalue weighted by atomic mass is 32.1. The Bertz CT molecular complexity index is 461. The summed E-state index contributed by atoms with van der Waals surface area (Å²) in [5.74, 6) is 1.50. The Morgan fingerprint density at radius 3 is 2.74 bits per heavy atom. The van der Waals surface area contributed by atoms with E-state index in [-0.39, 0.29) is 0 Å². The molecule has 0 aliphatic heterocycles. The summed E-state index contributed by atoms with van der Waals surface area (Å²) < 4.78 is 5.28. The lowest BCUT2D eigenvalue weighted by atomic mass is 9.85. The molecule has 0 spiro atoms. The second kappa shape index (κ2) is 6.24. The van der Waals surface area contributed by atoms with Gasteiger partial charge in [0.15, 0.2) is 0 Å². The first-order chi connectivity index (χ1) is 9.11. The van der Waals surface area contributed by atoms with Gasteiger partial charge in [-0.1, -0.05) is 32.0 Å². The van der Waals surface area contributed by atoms with Crippen LogP contribution in [-0.2, 0) is 0 Å². The van der Waals surface area contributed by atoms with Crippen LogP contribution in [0.5, 0.6) is 5.75 Å². The maximum atomic E-state index is 5.80. The molecular formula is C15H22N2OS. The van der Waals surface area contributed by atoms with Gasteiger partial charge in [0.05, 0.1) is 7.11 Å². The molecule has 1 aromatic rings. The van der Waals surface area contributed by atoms with Gasteiger partial charge in [0, 0.05) is 23.4 Å². The lowest BCUT2D eigenvalue weighted by molar-refractivity contribution is 0.349. The summed E-state index contributed by atoms with van der Waals surface area (Å²) in [5.41, 5.74) is 7.68. The molecule has 2 unspecified atom stereocenters. The van der Waals surface area contributed by atoms with Crippen molar-refractivity contribution in [3.8, 4) is 5.75 Å². The molecule has 1 fully saturated rings. The Hall–Kier alpha value is -1.29. The molecule has 2 atom stereocenters. The third-order valence-corrected chi connectivity index (χ3v) is 4.16. The molecule has 0 amide bonds. The average molecular weight is 278 g/mol. The second-order valence-electron chi connectivity index (χ2n) is 5.29. The molecule has 0 saturated heterocycles. The Labute approximate surface area is 120 Å². The number of ether oxygens (including phenoxy) is 1. The first kappa shape index (κ1) is 14.1. The zero-order valence-electron chi connectivity index (χ0n) is 11.6. The SMILES string of the molecule is COc1ccc(C(N)=S)c(NC2CCCCC2C)c1. The number of hydrogen-bond acceptors (Lipinski definition) is 3. The van der Waals surface area contributed by atoms with Crippen molar-refractivity contribution in [1.29, 1.82) is 0 Å². The molecular weight excluding hydrogens is 256 g/mol. The first-order valence-electron chi connectivity index (χ1n) is 6.86. The fourth-order valence-corrected chi connectivity index (χ4v) is 2.89. The third-order valence-electron chi connectivity index (χ3n) is 3.94. The van der Waals surface area contributed by atoms with Gasteiger partial charge in [0.25, 0.3) is 0 Å². The van der Waals surface area contributed by atoms with Crippen LogP contribution in [-0.4, -0.2) is 18.1 Å². The van der Waals surface area contributed by atoms with Crippen molar-refractivity contribution in [2.45, 2.75) is 38.6 Å². The van der Waals surface area contributed by atoms with Crippen LogP contribution >= 0.6 is 12.2 Å². The maximum absolute atomic E-state index is 5.80. The van der Waals surface area contributed by atoms with Crippen molar-refractivity contribution in [1.82, 2.24) is 0 Å². The number of benzene rings is 1. The topological polar surface area (TPSA) is 47.3 Å². The summed E-state index contributed by atoms with van der Waals surface area (Å²) in [4.78, 5) is 0.425. The summed E-state index contributed by atoms with van der Waals surface area (Å²) in [6.45, 7) is 2.30. The highest BCUT2D eigenvalue weighted by molar-refractivity contribution is 7.80. The van der Waals surface area contributed by atoms with E-state index >= 15 is 0 Å². The first-order valence-corrected chi connectivity index (χ1v) is 7.27. The second-order valence-corrected chi connectivity index (χ2v) is 5.73. The molecule has 0 bridgehead atoms. The van der Waals surface area contributed by atoms with Crippen LogP contribution in [0.25, 0.3) is 0 Å². The van der Waals surface area contributed by atoms with Crippen LogP contribution in [0, 0.1) is 5.92 Å². The zero-order valence-corrected chi connectivity index (χ0v) is 12.4. The summed E-state index contributed by atoms with van der Waals surface area (Å²) >= 11 is 5.12. The van der Waals surface area contributed by atoms with Crippen molar-refractivity contribution in [2.75, 3.05) is 12.4 Å². The number of rotatable bonds is 4. The van der Waals surface area contributed by atoms with Gasteiger partial charge >= 0.3 is 0 Å². The van der Waals surface area contributed by atoms with E-state index in [4.69, 9.17) is 22.7 Å². The molecule has 2 rings (SSSR count). The lowest BCUT2D eigenvalue weighted by Gasteiger charge is -2.31. The van der Waals surface area contributed by atoms with Crippen molar-refractivity contribution in [3.05, 3.63) is 23.8 Å². The quantitative estimate of drug-likeness (QED) is 0.829. The Morgan fingerprint density at radius 1 is 1.37 bits per heavy atom. The normalized spacial score (nSPS) is 22.8. The van der Waals surface area contributed by atoms with Crippen LogP contribution in [0.2, 0.25) is 0 Å². The van der Waals surface area contributed by atoms with Crippen molar-refractivity contribution >= 4 is 22.9 Å². The molecule has 1 saturated carbocycles. The number of thiocarbonyl (C=S) groups is 1. The average Bonchev–Trinajstić information content (AvgIpc) is 2.41. The van der Waals surface area contributed by atoms with Gasteiger partial charge in [-0.3, -0.25) is 0 Å². The zero-order chi connectivity index (χ0) is 13.8. The summed E-state index contributed by atoms with van der Waals surface area (Å²) in [6, 6.07) is 6.30. The highest BCUT2D eigenvalue weighted by Gasteiger charge is 2.22. The molecule has 3 nitrogen and oxygen atoms in total. The van der Waals surface area contributed by atoms with Crippen molar-refractivity contribution in [3.63, 3.8) is 0 Å². The predicted molar refractivity (Wildman–Crippen MR) is 83.9 cm³/mol. The van der Waals surface area contributed by atoms with E-state index in [9.17, 15) is 0 Å². The predicted octanol–water partition coefficient (Wildman–Crippen LogP) is 3.32.